The number of aromatic amines is 1. The maximum atomic E-state index is 11.1. The van der Waals surface area contributed by atoms with Crippen LogP contribution in [0.25, 0.3) is 0 Å². The number of aromatic nitrogens is 2. The standard InChI is InChI=1S/C11H15N3O2/c15-10-5-8(6-12-14-10)13-9-3-4-16-11(9)7-1-2-7/h5-7,9,11H,1-4H2,(H2,13,14,15). The first-order valence-corrected chi connectivity index (χ1v) is 5.76. The minimum absolute atomic E-state index is 0.174. The highest BCUT2D eigenvalue weighted by atomic mass is 16.5. The number of H-pyrrole nitrogens is 1. The number of nitrogens with one attached hydrogen (secondary N) is 2. The Bertz CT molecular complexity index is 427. The molecule has 0 bridgehead atoms. The summed E-state index contributed by atoms with van der Waals surface area (Å²) in [5.74, 6) is 0.718. The van der Waals surface area contributed by atoms with Gasteiger partial charge < -0.3 is 10.1 Å². The van der Waals surface area contributed by atoms with Crippen LogP contribution < -0.4 is 10.9 Å². The summed E-state index contributed by atoms with van der Waals surface area (Å²) in [7, 11) is 0. The van der Waals surface area contributed by atoms with Crippen molar-refractivity contribution < 1.29 is 4.74 Å². The van der Waals surface area contributed by atoms with Crippen molar-refractivity contribution in [3.8, 4) is 0 Å². The summed E-state index contributed by atoms with van der Waals surface area (Å²) >= 11 is 0. The van der Waals surface area contributed by atoms with E-state index in [-0.39, 0.29) is 5.56 Å². The second-order valence-electron chi connectivity index (χ2n) is 4.55. The molecule has 5 nitrogen and oxygen atoms in total. The van der Waals surface area contributed by atoms with E-state index >= 15 is 0 Å². The van der Waals surface area contributed by atoms with Gasteiger partial charge in [-0.05, 0) is 25.2 Å². The molecule has 2 heterocycles. The minimum Gasteiger partial charge on any atom is -0.378 e. The molecule has 0 radical (unpaired) electrons. The average molecular weight is 221 g/mol. The molecule has 0 spiro atoms. The average Bonchev–Trinajstić information content (AvgIpc) is 3.00. The van der Waals surface area contributed by atoms with Gasteiger partial charge in [-0.15, -0.1) is 0 Å². The van der Waals surface area contributed by atoms with Crippen molar-refractivity contribution >= 4 is 5.69 Å². The van der Waals surface area contributed by atoms with E-state index in [1.807, 2.05) is 0 Å². The summed E-state index contributed by atoms with van der Waals surface area (Å²) in [6.07, 6.45) is 5.52. The first kappa shape index (κ1) is 9.84. The normalized spacial score (nSPS) is 29.2. The van der Waals surface area contributed by atoms with Gasteiger partial charge in [-0.3, -0.25) is 4.79 Å². The van der Waals surface area contributed by atoms with Crippen LogP contribution in [0.4, 0.5) is 5.69 Å². The Labute approximate surface area is 93.2 Å². The van der Waals surface area contributed by atoms with E-state index in [2.05, 4.69) is 15.5 Å². The van der Waals surface area contributed by atoms with Crippen molar-refractivity contribution in [2.45, 2.75) is 31.4 Å². The van der Waals surface area contributed by atoms with Gasteiger partial charge in [0.1, 0.15) is 0 Å². The molecule has 1 aromatic heterocycles. The zero-order chi connectivity index (χ0) is 11.0. The zero-order valence-electron chi connectivity index (χ0n) is 8.98. The van der Waals surface area contributed by atoms with Crippen LogP contribution in [0.2, 0.25) is 0 Å². The Balaban J connectivity index is 1.71. The lowest BCUT2D eigenvalue weighted by atomic mass is 10.1. The minimum atomic E-state index is -0.174. The third-order valence-electron chi connectivity index (χ3n) is 3.24. The van der Waals surface area contributed by atoms with Crippen LogP contribution in [0.5, 0.6) is 0 Å². The number of nitrogens with zero attached hydrogens (tertiary/aromatic N) is 1. The molecule has 0 amide bonds. The number of anilines is 1. The van der Waals surface area contributed by atoms with E-state index in [1.165, 1.54) is 18.9 Å². The van der Waals surface area contributed by atoms with Gasteiger partial charge in [-0.1, -0.05) is 0 Å². The second kappa shape index (κ2) is 3.90. The molecule has 3 rings (SSSR count). The van der Waals surface area contributed by atoms with Crippen molar-refractivity contribution in [3.63, 3.8) is 0 Å². The fourth-order valence-corrected chi connectivity index (χ4v) is 2.32. The summed E-state index contributed by atoms with van der Waals surface area (Å²) in [6.45, 7) is 0.815. The molecular formula is C11H15N3O2. The predicted octanol–water partition coefficient (Wildman–Crippen LogP) is 0.749. The van der Waals surface area contributed by atoms with Gasteiger partial charge in [-0.25, -0.2) is 5.10 Å². The highest BCUT2D eigenvalue weighted by Gasteiger charge is 2.40. The molecule has 2 N–H and O–H groups in total. The summed E-state index contributed by atoms with van der Waals surface area (Å²) in [4.78, 5) is 11.1. The molecule has 0 aromatic carbocycles. The highest BCUT2D eigenvalue weighted by Crippen LogP contribution is 2.39. The van der Waals surface area contributed by atoms with Crippen LogP contribution in [-0.4, -0.2) is 29.0 Å². The molecule has 86 valence electrons. The molecule has 1 aliphatic carbocycles. The van der Waals surface area contributed by atoms with Crippen LogP contribution in [0, 0.1) is 5.92 Å². The maximum absolute atomic E-state index is 11.1. The Morgan fingerprint density at radius 3 is 3.06 bits per heavy atom. The van der Waals surface area contributed by atoms with Crippen molar-refractivity contribution in [2.24, 2.45) is 5.92 Å². The molecule has 2 aliphatic rings. The number of ether oxygens (including phenoxy) is 1. The Kier molecular flexibility index (Phi) is 2.40. The summed E-state index contributed by atoms with van der Waals surface area (Å²) in [6, 6.07) is 1.87. The summed E-state index contributed by atoms with van der Waals surface area (Å²) in [5, 5.41) is 9.48. The third-order valence-corrected chi connectivity index (χ3v) is 3.24. The lowest BCUT2D eigenvalue weighted by molar-refractivity contribution is 0.0898. The maximum Gasteiger partial charge on any atom is 0.266 e. The molecule has 1 aromatic rings. The van der Waals surface area contributed by atoms with Crippen LogP contribution in [0.1, 0.15) is 19.3 Å². The van der Waals surface area contributed by atoms with Crippen molar-refractivity contribution in [1.29, 1.82) is 0 Å². The Morgan fingerprint density at radius 1 is 1.44 bits per heavy atom. The first-order chi connectivity index (χ1) is 7.83. The molecule has 1 saturated heterocycles. The molecular weight excluding hydrogens is 206 g/mol. The molecule has 2 unspecified atom stereocenters. The lowest BCUT2D eigenvalue weighted by Crippen LogP contribution is -2.31. The van der Waals surface area contributed by atoms with E-state index in [9.17, 15) is 4.79 Å². The molecule has 2 atom stereocenters. The Morgan fingerprint density at radius 2 is 2.31 bits per heavy atom. The quantitative estimate of drug-likeness (QED) is 0.790. The van der Waals surface area contributed by atoms with Gasteiger partial charge in [0, 0.05) is 12.7 Å². The molecule has 5 heteroatoms. The predicted molar refractivity (Wildman–Crippen MR) is 59.3 cm³/mol. The summed E-state index contributed by atoms with van der Waals surface area (Å²) < 4.78 is 5.72. The fraction of sp³-hybridized carbons (Fsp3) is 0.636. The van der Waals surface area contributed by atoms with Gasteiger partial charge >= 0.3 is 0 Å². The molecule has 1 saturated carbocycles. The third kappa shape index (κ3) is 1.95. The fourth-order valence-electron chi connectivity index (χ4n) is 2.32. The van der Waals surface area contributed by atoms with Gasteiger partial charge in [0.05, 0.1) is 24.0 Å². The highest BCUT2D eigenvalue weighted by molar-refractivity contribution is 5.40. The summed E-state index contributed by atoms with van der Waals surface area (Å²) in [5.41, 5.74) is 0.608. The molecule has 2 fully saturated rings. The first-order valence-electron chi connectivity index (χ1n) is 5.76. The van der Waals surface area contributed by atoms with Crippen LogP contribution >= 0.6 is 0 Å². The van der Waals surface area contributed by atoms with Gasteiger partial charge in [0.25, 0.3) is 5.56 Å². The largest absolute Gasteiger partial charge is 0.378 e. The van der Waals surface area contributed by atoms with E-state index in [4.69, 9.17) is 4.74 Å². The zero-order valence-corrected chi connectivity index (χ0v) is 8.98. The molecule has 1 aliphatic heterocycles. The van der Waals surface area contributed by atoms with Gasteiger partial charge in [-0.2, -0.15) is 5.10 Å². The molecule has 16 heavy (non-hydrogen) atoms. The number of hydrogen-bond acceptors (Lipinski definition) is 4. The number of hydrogen-bond donors (Lipinski definition) is 2. The van der Waals surface area contributed by atoms with Crippen molar-refractivity contribution in [1.82, 2.24) is 10.2 Å². The number of rotatable bonds is 3. The van der Waals surface area contributed by atoms with E-state index < -0.39 is 0 Å². The van der Waals surface area contributed by atoms with Crippen molar-refractivity contribution in [3.05, 3.63) is 22.6 Å². The smallest absolute Gasteiger partial charge is 0.266 e. The van der Waals surface area contributed by atoms with Crippen LogP contribution in [-0.2, 0) is 4.74 Å². The van der Waals surface area contributed by atoms with Crippen molar-refractivity contribution in [2.75, 3.05) is 11.9 Å². The Hall–Kier alpha value is -1.36. The lowest BCUT2D eigenvalue weighted by Gasteiger charge is -2.19. The van der Waals surface area contributed by atoms with Crippen LogP contribution in [0.3, 0.4) is 0 Å². The van der Waals surface area contributed by atoms with Gasteiger partial charge in [0.2, 0.25) is 0 Å². The topological polar surface area (TPSA) is 67.0 Å². The van der Waals surface area contributed by atoms with Gasteiger partial charge in [0.15, 0.2) is 0 Å². The SMILES string of the molecule is O=c1cc(NC2CCOC2C2CC2)cn[nH]1. The van der Waals surface area contributed by atoms with Crippen LogP contribution in [0.15, 0.2) is 17.1 Å². The van der Waals surface area contributed by atoms with E-state index in [1.54, 1.807) is 6.20 Å². The monoisotopic (exact) mass is 221 g/mol. The van der Waals surface area contributed by atoms with E-state index in [0.717, 1.165) is 24.6 Å². The van der Waals surface area contributed by atoms with E-state index in [0.29, 0.717) is 12.1 Å². The second-order valence-corrected chi connectivity index (χ2v) is 4.55.